The molecule has 0 spiro atoms. The van der Waals surface area contributed by atoms with Crippen LogP contribution in [0.5, 0.6) is 5.75 Å². The second-order valence-corrected chi connectivity index (χ2v) is 4.00. The van der Waals surface area contributed by atoms with Gasteiger partial charge in [-0.2, -0.15) is 0 Å². The van der Waals surface area contributed by atoms with Gasteiger partial charge in [-0.1, -0.05) is 0 Å². The fraction of sp³-hybridized carbons (Fsp3) is 0. The van der Waals surface area contributed by atoms with Crippen molar-refractivity contribution < 1.29 is 13.9 Å². The predicted octanol–water partition coefficient (Wildman–Crippen LogP) is 2.70. The third kappa shape index (κ3) is 1.95. The lowest BCUT2D eigenvalue weighted by Crippen LogP contribution is -2.01. The van der Waals surface area contributed by atoms with E-state index in [1.54, 1.807) is 12.1 Å². The molecule has 0 saturated heterocycles. The molecule has 0 aliphatic rings. The molecule has 2 aromatic heterocycles. The van der Waals surface area contributed by atoms with Crippen LogP contribution in [0.2, 0.25) is 0 Å². The molecule has 0 radical (unpaired) electrons. The summed E-state index contributed by atoms with van der Waals surface area (Å²) >= 11 is 0. The molecule has 1 N–H and O–H groups in total. The van der Waals surface area contributed by atoms with Gasteiger partial charge in [0.05, 0.1) is 5.39 Å². The number of aromatic hydroxyl groups is 1. The SMILES string of the molecule is O=c1cc(-c2ccc(O)c(F)c2)oc2ncccc12. The average Bonchev–Trinajstić information content (AvgIpc) is 2.42. The van der Waals surface area contributed by atoms with Gasteiger partial charge in [0.25, 0.3) is 0 Å². The highest BCUT2D eigenvalue weighted by Gasteiger charge is 2.09. The van der Waals surface area contributed by atoms with Gasteiger partial charge in [-0.05, 0) is 30.3 Å². The van der Waals surface area contributed by atoms with Gasteiger partial charge >= 0.3 is 0 Å². The zero-order valence-electron chi connectivity index (χ0n) is 9.63. The highest BCUT2D eigenvalue weighted by atomic mass is 19.1. The zero-order chi connectivity index (χ0) is 13.4. The molecule has 0 amide bonds. The van der Waals surface area contributed by atoms with E-state index in [-0.39, 0.29) is 16.9 Å². The van der Waals surface area contributed by atoms with Crippen LogP contribution in [0.15, 0.2) is 51.8 Å². The number of aromatic nitrogens is 1. The average molecular weight is 257 g/mol. The zero-order valence-corrected chi connectivity index (χ0v) is 9.63. The lowest BCUT2D eigenvalue weighted by Gasteiger charge is -2.03. The molecule has 0 fully saturated rings. The van der Waals surface area contributed by atoms with E-state index in [0.717, 1.165) is 6.07 Å². The molecular formula is C14H8FNO3. The molecule has 0 bridgehead atoms. The number of benzene rings is 1. The van der Waals surface area contributed by atoms with Crippen LogP contribution < -0.4 is 5.43 Å². The van der Waals surface area contributed by atoms with Gasteiger partial charge in [-0.15, -0.1) is 0 Å². The molecule has 0 aliphatic heterocycles. The lowest BCUT2D eigenvalue weighted by molar-refractivity contribution is 0.432. The van der Waals surface area contributed by atoms with E-state index in [1.807, 2.05) is 0 Å². The summed E-state index contributed by atoms with van der Waals surface area (Å²) in [5.41, 5.74) is 0.302. The smallest absolute Gasteiger partial charge is 0.230 e. The maximum absolute atomic E-state index is 13.3. The van der Waals surface area contributed by atoms with Gasteiger partial charge in [0.15, 0.2) is 17.0 Å². The normalized spacial score (nSPS) is 10.8. The number of nitrogens with zero attached hydrogens (tertiary/aromatic N) is 1. The van der Waals surface area contributed by atoms with Crippen molar-refractivity contribution in [2.75, 3.05) is 0 Å². The number of fused-ring (bicyclic) bond motifs is 1. The van der Waals surface area contributed by atoms with Crippen LogP contribution in [-0.2, 0) is 0 Å². The molecule has 0 unspecified atom stereocenters. The molecule has 0 saturated carbocycles. The number of hydrogen-bond donors (Lipinski definition) is 1. The molecule has 0 aliphatic carbocycles. The van der Waals surface area contributed by atoms with Crippen LogP contribution in [0, 0.1) is 5.82 Å². The van der Waals surface area contributed by atoms with Crippen molar-refractivity contribution in [3.05, 3.63) is 58.6 Å². The number of halogens is 1. The number of rotatable bonds is 1. The van der Waals surface area contributed by atoms with E-state index >= 15 is 0 Å². The van der Waals surface area contributed by atoms with Crippen LogP contribution in [0.25, 0.3) is 22.4 Å². The second kappa shape index (κ2) is 4.20. The summed E-state index contributed by atoms with van der Waals surface area (Å²) in [5, 5.41) is 9.50. The van der Waals surface area contributed by atoms with Crippen molar-refractivity contribution in [1.29, 1.82) is 0 Å². The minimum absolute atomic E-state index is 0.193. The number of phenols is 1. The predicted molar refractivity (Wildman–Crippen MR) is 67.3 cm³/mol. The van der Waals surface area contributed by atoms with Gasteiger partial charge < -0.3 is 9.52 Å². The second-order valence-electron chi connectivity index (χ2n) is 4.00. The first kappa shape index (κ1) is 11.4. The largest absolute Gasteiger partial charge is 0.505 e. The van der Waals surface area contributed by atoms with E-state index < -0.39 is 11.6 Å². The number of hydrogen-bond acceptors (Lipinski definition) is 4. The van der Waals surface area contributed by atoms with Gasteiger partial charge in [0.1, 0.15) is 5.76 Å². The summed E-state index contributed by atoms with van der Waals surface area (Å²) < 4.78 is 18.8. The number of phenolic OH excluding ortho intramolecular Hbond substituents is 1. The minimum Gasteiger partial charge on any atom is -0.505 e. The fourth-order valence-corrected chi connectivity index (χ4v) is 1.79. The van der Waals surface area contributed by atoms with Gasteiger partial charge in [-0.3, -0.25) is 4.79 Å². The van der Waals surface area contributed by atoms with Gasteiger partial charge in [-0.25, -0.2) is 9.37 Å². The van der Waals surface area contributed by atoms with Crippen LogP contribution >= 0.6 is 0 Å². The molecule has 5 heteroatoms. The Bertz CT molecular complexity index is 826. The maximum Gasteiger partial charge on any atom is 0.230 e. The van der Waals surface area contributed by atoms with Crippen molar-refractivity contribution in [2.24, 2.45) is 0 Å². The molecule has 4 nitrogen and oxygen atoms in total. The maximum atomic E-state index is 13.3. The van der Waals surface area contributed by atoms with E-state index in [2.05, 4.69) is 4.98 Å². The topological polar surface area (TPSA) is 63.3 Å². The van der Waals surface area contributed by atoms with Crippen molar-refractivity contribution in [1.82, 2.24) is 4.98 Å². The number of pyridine rings is 1. The van der Waals surface area contributed by atoms with Crippen LogP contribution in [0.3, 0.4) is 0 Å². The standard InChI is InChI=1S/C14H8FNO3/c15-10-6-8(3-4-11(10)17)13-7-12(18)9-2-1-5-16-14(9)19-13/h1-7,17H. The molecular weight excluding hydrogens is 249 g/mol. The Balaban J connectivity index is 2.25. The van der Waals surface area contributed by atoms with Crippen molar-refractivity contribution >= 4 is 11.1 Å². The fourth-order valence-electron chi connectivity index (χ4n) is 1.79. The van der Waals surface area contributed by atoms with Gasteiger partial charge in [0, 0.05) is 17.8 Å². The molecule has 19 heavy (non-hydrogen) atoms. The summed E-state index contributed by atoms with van der Waals surface area (Å²) in [6, 6.07) is 8.28. The minimum atomic E-state index is -0.777. The Morgan fingerprint density at radius 3 is 2.84 bits per heavy atom. The molecule has 2 heterocycles. The van der Waals surface area contributed by atoms with Crippen LogP contribution in [0.1, 0.15) is 0 Å². The van der Waals surface area contributed by atoms with Crippen molar-refractivity contribution in [3.8, 4) is 17.1 Å². The Kier molecular flexibility index (Phi) is 2.52. The van der Waals surface area contributed by atoms with E-state index in [4.69, 9.17) is 9.52 Å². The summed E-state index contributed by atoms with van der Waals surface area (Å²) in [4.78, 5) is 15.8. The monoisotopic (exact) mass is 257 g/mol. The molecule has 1 aromatic carbocycles. The quantitative estimate of drug-likeness (QED) is 0.728. The Morgan fingerprint density at radius 1 is 1.21 bits per heavy atom. The highest BCUT2D eigenvalue weighted by Crippen LogP contribution is 2.25. The first-order chi connectivity index (χ1) is 9.15. The first-order valence-electron chi connectivity index (χ1n) is 5.53. The van der Waals surface area contributed by atoms with Crippen molar-refractivity contribution in [2.45, 2.75) is 0 Å². The van der Waals surface area contributed by atoms with E-state index in [1.165, 1.54) is 24.4 Å². The summed E-state index contributed by atoms with van der Waals surface area (Å²) in [6.45, 7) is 0. The van der Waals surface area contributed by atoms with Crippen molar-refractivity contribution in [3.63, 3.8) is 0 Å². The van der Waals surface area contributed by atoms with E-state index in [0.29, 0.717) is 10.9 Å². The Labute approximate surface area is 106 Å². The summed E-state index contributed by atoms with van der Waals surface area (Å²) in [7, 11) is 0. The lowest BCUT2D eigenvalue weighted by atomic mass is 10.1. The molecule has 3 aromatic rings. The van der Waals surface area contributed by atoms with Gasteiger partial charge in [0.2, 0.25) is 5.71 Å². The van der Waals surface area contributed by atoms with E-state index in [9.17, 15) is 9.18 Å². The third-order valence-electron chi connectivity index (χ3n) is 2.74. The summed E-state index contributed by atoms with van der Waals surface area (Å²) in [5.74, 6) is -1.03. The molecule has 3 rings (SSSR count). The van der Waals surface area contributed by atoms with Crippen LogP contribution in [0.4, 0.5) is 4.39 Å². The summed E-state index contributed by atoms with van der Waals surface area (Å²) in [6.07, 6.45) is 1.51. The first-order valence-corrected chi connectivity index (χ1v) is 5.53. The Hall–Kier alpha value is -2.69. The highest BCUT2D eigenvalue weighted by molar-refractivity contribution is 5.75. The molecule has 94 valence electrons. The third-order valence-corrected chi connectivity index (χ3v) is 2.74. The molecule has 0 atom stereocenters. The Morgan fingerprint density at radius 2 is 2.05 bits per heavy atom. The van der Waals surface area contributed by atoms with Crippen LogP contribution in [-0.4, -0.2) is 10.1 Å².